The van der Waals surface area contributed by atoms with Crippen LogP contribution in [0.15, 0.2) is 24.3 Å². The van der Waals surface area contributed by atoms with Gasteiger partial charge in [0, 0.05) is 25.1 Å². The van der Waals surface area contributed by atoms with Crippen LogP contribution in [0.3, 0.4) is 0 Å². The zero-order valence-electron chi connectivity index (χ0n) is 20.4. The first kappa shape index (κ1) is 27.1. The normalized spacial score (nSPS) is 20.1. The molecule has 0 aromatic heterocycles. The van der Waals surface area contributed by atoms with Crippen molar-refractivity contribution in [3.8, 4) is 0 Å². The first-order valence-corrected chi connectivity index (χ1v) is 12.3. The molecule has 11 heteroatoms. The number of piperidine rings is 2. The summed E-state index contributed by atoms with van der Waals surface area (Å²) in [6.45, 7) is 3.88. The van der Waals surface area contributed by atoms with E-state index in [1.807, 2.05) is 0 Å². The van der Waals surface area contributed by atoms with Crippen LogP contribution in [0.4, 0.5) is 0 Å². The zero-order chi connectivity index (χ0) is 26.3. The number of hydrogen-bond donors (Lipinski definition) is 5. The summed E-state index contributed by atoms with van der Waals surface area (Å²) in [5.41, 5.74) is -2.07. The molecule has 3 amide bonds. The minimum absolute atomic E-state index is 0.00476. The number of amides is 3. The van der Waals surface area contributed by atoms with Crippen LogP contribution in [-0.4, -0.2) is 76.6 Å². The number of nitrogens with zero attached hydrogens (tertiary/aromatic N) is 1. The van der Waals surface area contributed by atoms with Gasteiger partial charge in [0.05, 0.1) is 11.5 Å². The Morgan fingerprint density at radius 2 is 1.64 bits per heavy atom. The number of aliphatic carboxylic acids is 1. The van der Waals surface area contributed by atoms with E-state index in [2.05, 4.69) is 16.0 Å². The number of benzene rings is 1. The maximum atomic E-state index is 13.0. The van der Waals surface area contributed by atoms with Crippen LogP contribution in [0.5, 0.6) is 0 Å². The van der Waals surface area contributed by atoms with E-state index in [4.69, 9.17) is 5.11 Å². The van der Waals surface area contributed by atoms with Crippen molar-refractivity contribution in [1.82, 2.24) is 20.9 Å². The van der Waals surface area contributed by atoms with Gasteiger partial charge < -0.3 is 31.1 Å². The lowest BCUT2D eigenvalue weighted by molar-refractivity contribution is -0.149. The second-order valence-electron chi connectivity index (χ2n) is 9.67. The minimum atomic E-state index is -2.10. The molecule has 2 heterocycles. The zero-order valence-corrected chi connectivity index (χ0v) is 20.4. The third kappa shape index (κ3) is 7.03. The molecule has 3 rings (SSSR count). The van der Waals surface area contributed by atoms with E-state index >= 15 is 0 Å². The van der Waals surface area contributed by atoms with E-state index in [0.717, 1.165) is 32.4 Å². The van der Waals surface area contributed by atoms with Crippen molar-refractivity contribution in [2.75, 3.05) is 26.2 Å². The second-order valence-corrected chi connectivity index (χ2v) is 9.67. The van der Waals surface area contributed by atoms with Crippen LogP contribution >= 0.6 is 0 Å². The lowest BCUT2D eigenvalue weighted by Gasteiger charge is -2.35. The van der Waals surface area contributed by atoms with E-state index in [1.165, 1.54) is 31.2 Å². The first-order valence-electron chi connectivity index (χ1n) is 12.3. The Kier molecular flexibility index (Phi) is 9.03. The number of likely N-dealkylation sites (tertiary alicyclic amines) is 1. The molecule has 0 spiro atoms. The molecule has 0 radical (unpaired) electrons. The number of carboxylic acids is 2. The van der Waals surface area contributed by atoms with Crippen LogP contribution in [-0.2, 0) is 14.4 Å². The van der Waals surface area contributed by atoms with Crippen molar-refractivity contribution in [3.63, 3.8) is 0 Å². The SMILES string of the molecule is C[C@](NC(=O)c1ccc(C(=O)O)cc1)(NC(=O)C1CCCN(C(=O)CCC2CCNCC2)C1)C(=O)O. The lowest BCUT2D eigenvalue weighted by Crippen LogP contribution is -2.65. The summed E-state index contributed by atoms with van der Waals surface area (Å²) in [4.78, 5) is 63.0. The molecule has 2 fully saturated rings. The third-order valence-corrected chi connectivity index (χ3v) is 6.93. The highest BCUT2D eigenvalue weighted by Gasteiger charge is 2.39. The number of hydrogen-bond acceptors (Lipinski definition) is 6. The van der Waals surface area contributed by atoms with Gasteiger partial charge >= 0.3 is 11.9 Å². The largest absolute Gasteiger partial charge is 0.478 e. The molecule has 2 aliphatic heterocycles. The van der Waals surface area contributed by atoms with E-state index in [-0.39, 0.29) is 23.6 Å². The van der Waals surface area contributed by atoms with Gasteiger partial charge in [0.25, 0.3) is 5.91 Å². The van der Waals surface area contributed by atoms with E-state index in [1.54, 1.807) is 4.90 Å². The molecule has 2 saturated heterocycles. The summed E-state index contributed by atoms with van der Waals surface area (Å²) in [6.07, 6.45) is 4.50. The predicted molar refractivity (Wildman–Crippen MR) is 129 cm³/mol. The molecule has 1 aromatic carbocycles. The fourth-order valence-corrected chi connectivity index (χ4v) is 4.62. The van der Waals surface area contributed by atoms with Crippen molar-refractivity contribution in [1.29, 1.82) is 0 Å². The molecular formula is C25H34N4O7. The van der Waals surface area contributed by atoms with Crippen LogP contribution in [0.2, 0.25) is 0 Å². The average Bonchev–Trinajstić information content (AvgIpc) is 2.87. The summed E-state index contributed by atoms with van der Waals surface area (Å²) in [5.74, 6) is -4.02. The van der Waals surface area contributed by atoms with E-state index < -0.39 is 35.3 Å². The van der Waals surface area contributed by atoms with E-state index in [9.17, 15) is 29.1 Å². The fourth-order valence-electron chi connectivity index (χ4n) is 4.62. The highest BCUT2D eigenvalue weighted by atomic mass is 16.4. The highest BCUT2D eigenvalue weighted by Crippen LogP contribution is 2.22. The van der Waals surface area contributed by atoms with Crippen LogP contribution in [0.25, 0.3) is 0 Å². The molecule has 2 atom stereocenters. The second kappa shape index (κ2) is 12.0. The summed E-state index contributed by atoms with van der Waals surface area (Å²) in [7, 11) is 0. The monoisotopic (exact) mass is 502 g/mol. The van der Waals surface area contributed by atoms with Gasteiger partial charge in [-0.05, 0) is 82.3 Å². The summed E-state index contributed by atoms with van der Waals surface area (Å²) in [5, 5.41) is 26.8. The van der Waals surface area contributed by atoms with Gasteiger partial charge in [0.1, 0.15) is 0 Å². The first-order chi connectivity index (χ1) is 17.1. The topological polar surface area (TPSA) is 165 Å². The van der Waals surface area contributed by atoms with Crippen molar-refractivity contribution in [2.24, 2.45) is 11.8 Å². The molecule has 0 aliphatic carbocycles. The molecular weight excluding hydrogens is 468 g/mol. The lowest BCUT2D eigenvalue weighted by atomic mass is 9.92. The Balaban J connectivity index is 1.58. The molecule has 11 nitrogen and oxygen atoms in total. The number of carbonyl (C=O) groups is 5. The van der Waals surface area contributed by atoms with Crippen LogP contribution in [0.1, 0.15) is 66.2 Å². The maximum Gasteiger partial charge on any atom is 0.350 e. The fraction of sp³-hybridized carbons (Fsp3) is 0.560. The van der Waals surface area contributed by atoms with Gasteiger partial charge in [-0.2, -0.15) is 0 Å². The summed E-state index contributed by atoms with van der Waals surface area (Å²) in [6, 6.07) is 4.98. The van der Waals surface area contributed by atoms with Crippen molar-refractivity contribution in [3.05, 3.63) is 35.4 Å². The quantitative estimate of drug-likeness (QED) is 0.313. The molecule has 0 saturated carbocycles. The summed E-state index contributed by atoms with van der Waals surface area (Å²) >= 11 is 0. The van der Waals surface area contributed by atoms with Gasteiger partial charge in [-0.15, -0.1) is 0 Å². The number of nitrogens with one attached hydrogen (secondary N) is 3. The molecule has 5 N–H and O–H groups in total. The Bertz CT molecular complexity index is 991. The van der Waals surface area contributed by atoms with Gasteiger partial charge in [0.15, 0.2) is 0 Å². The molecule has 0 bridgehead atoms. The number of aromatic carboxylic acids is 1. The standard InChI is InChI=1S/C25H34N4O7/c1-25(24(35)36,27-21(31)17-5-7-18(8-6-17)23(33)34)28-22(32)19-3-2-14-29(15-19)20(30)9-4-16-10-12-26-13-11-16/h5-8,16,19,26H,2-4,9-15H2,1H3,(H,27,31)(H,28,32)(H,33,34)(H,35,36)/t19?,25-/m0/s1. The van der Waals surface area contributed by atoms with Crippen LogP contribution in [0, 0.1) is 11.8 Å². The van der Waals surface area contributed by atoms with Crippen molar-refractivity contribution >= 4 is 29.7 Å². The molecule has 2 aliphatic rings. The third-order valence-electron chi connectivity index (χ3n) is 6.93. The maximum absolute atomic E-state index is 13.0. The van der Waals surface area contributed by atoms with Crippen molar-refractivity contribution in [2.45, 2.75) is 51.1 Å². The Morgan fingerprint density at radius 1 is 1.00 bits per heavy atom. The number of rotatable bonds is 9. The number of carbonyl (C=O) groups excluding carboxylic acids is 3. The smallest absolute Gasteiger partial charge is 0.350 e. The van der Waals surface area contributed by atoms with E-state index in [0.29, 0.717) is 31.7 Å². The Labute approximate surface area is 209 Å². The molecule has 36 heavy (non-hydrogen) atoms. The Hall–Kier alpha value is -3.47. The van der Waals surface area contributed by atoms with Crippen molar-refractivity contribution < 1.29 is 34.2 Å². The molecule has 1 aromatic rings. The van der Waals surface area contributed by atoms with Gasteiger partial charge in [-0.25, -0.2) is 9.59 Å². The average molecular weight is 503 g/mol. The van der Waals surface area contributed by atoms with Crippen LogP contribution < -0.4 is 16.0 Å². The minimum Gasteiger partial charge on any atom is -0.478 e. The van der Waals surface area contributed by atoms with Gasteiger partial charge in [-0.1, -0.05) is 0 Å². The Morgan fingerprint density at radius 3 is 2.25 bits per heavy atom. The predicted octanol–water partition coefficient (Wildman–Crippen LogP) is 1.05. The van der Waals surface area contributed by atoms with Gasteiger partial charge in [0.2, 0.25) is 17.5 Å². The number of carboxylic acid groups (broad SMARTS) is 2. The molecule has 1 unspecified atom stereocenters. The summed E-state index contributed by atoms with van der Waals surface area (Å²) < 4.78 is 0. The molecule has 196 valence electrons. The van der Waals surface area contributed by atoms with Gasteiger partial charge in [-0.3, -0.25) is 14.4 Å². The highest BCUT2D eigenvalue weighted by molar-refractivity contribution is 5.99.